The van der Waals surface area contributed by atoms with Crippen molar-refractivity contribution < 1.29 is 19.4 Å². The van der Waals surface area contributed by atoms with E-state index >= 15 is 0 Å². The zero-order valence-electron chi connectivity index (χ0n) is 13.0. The Balaban J connectivity index is 2.66. The van der Waals surface area contributed by atoms with E-state index in [4.69, 9.17) is 44.3 Å². The van der Waals surface area contributed by atoms with Crippen molar-refractivity contribution >= 4 is 41.1 Å². The van der Waals surface area contributed by atoms with E-state index < -0.39 is 16.3 Å². The lowest BCUT2D eigenvalue weighted by Crippen LogP contribution is -2.61. The number of carbonyl (C=O) groups is 1. The molecule has 128 valence electrons. The Kier molecular flexibility index (Phi) is 5.66. The second kappa shape index (κ2) is 7.05. The molecule has 0 aliphatic heterocycles. The summed E-state index contributed by atoms with van der Waals surface area (Å²) in [6, 6.07) is 8.92. The molecule has 0 radical (unpaired) electrons. The number of carbonyl (C=O) groups excluding carboxylic acids is 1. The highest BCUT2D eigenvalue weighted by molar-refractivity contribution is 6.44. The SMILES string of the molecule is COC1(OC)C(Cl)=C(Cl)[C@](O)(C#Cc2ccccc2)[C@]1(Cl)CC=O. The van der Waals surface area contributed by atoms with E-state index in [1.165, 1.54) is 14.2 Å². The average molecular weight is 390 g/mol. The molecule has 2 atom stereocenters. The first-order chi connectivity index (χ1) is 11.3. The molecule has 0 aromatic heterocycles. The van der Waals surface area contributed by atoms with Gasteiger partial charge in [-0.1, -0.05) is 53.2 Å². The molecule has 1 aromatic rings. The molecule has 1 aliphatic rings. The molecule has 2 rings (SSSR count). The minimum Gasteiger partial charge on any atom is -0.371 e. The van der Waals surface area contributed by atoms with Crippen LogP contribution < -0.4 is 0 Å². The molecule has 1 N–H and O–H groups in total. The molecule has 0 saturated heterocycles. The number of halogens is 3. The molecule has 24 heavy (non-hydrogen) atoms. The van der Waals surface area contributed by atoms with Crippen molar-refractivity contribution in [2.24, 2.45) is 0 Å². The van der Waals surface area contributed by atoms with Crippen molar-refractivity contribution in [3.63, 3.8) is 0 Å². The highest BCUT2D eigenvalue weighted by atomic mass is 35.5. The number of methoxy groups -OCH3 is 2. The van der Waals surface area contributed by atoms with Crippen LogP contribution in [-0.4, -0.2) is 41.9 Å². The topological polar surface area (TPSA) is 55.8 Å². The average Bonchev–Trinajstić information content (AvgIpc) is 2.72. The van der Waals surface area contributed by atoms with Crippen LogP contribution in [0, 0.1) is 11.8 Å². The van der Waals surface area contributed by atoms with Crippen molar-refractivity contribution in [3.05, 3.63) is 46.0 Å². The molecule has 0 saturated carbocycles. The van der Waals surface area contributed by atoms with Gasteiger partial charge in [-0.05, 0) is 12.1 Å². The van der Waals surface area contributed by atoms with E-state index in [1.54, 1.807) is 24.3 Å². The summed E-state index contributed by atoms with van der Waals surface area (Å²) in [5.41, 5.74) is -1.51. The van der Waals surface area contributed by atoms with Crippen LogP contribution in [0.4, 0.5) is 0 Å². The number of alkyl halides is 1. The number of aldehydes is 1. The molecule has 7 heteroatoms. The number of hydrogen-bond donors (Lipinski definition) is 1. The number of aliphatic hydroxyl groups is 1. The maximum absolute atomic E-state index is 11.2. The quantitative estimate of drug-likeness (QED) is 0.372. The summed E-state index contributed by atoms with van der Waals surface area (Å²) in [6.45, 7) is 0. The van der Waals surface area contributed by atoms with Crippen LogP contribution in [0.25, 0.3) is 0 Å². The third-order valence-corrected chi connectivity index (χ3v) is 5.67. The van der Waals surface area contributed by atoms with Crippen LogP contribution in [0.5, 0.6) is 0 Å². The van der Waals surface area contributed by atoms with Crippen LogP contribution in [0.2, 0.25) is 0 Å². The predicted octanol–water partition coefficient (Wildman–Crippen LogP) is 3.03. The summed E-state index contributed by atoms with van der Waals surface area (Å²) in [6.07, 6.45) is 0.164. The van der Waals surface area contributed by atoms with Gasteiger partial charge in [-0.25, -0.2) is 0 Å². The van der Waals surface area contributed by atoms with E-state index in [-0.39, 0.29) is 16.5 Å². The molecule has 1 aliphatic carbocycles. The van der Waals surface area contributed by atoms with Gasteiger partial charge in [0.2, 0.25) is 5.79 Å². The van der Waals surface area contributed by atoms with Gasteiger partial charge in [0.15, 0.2) is 10.5 Å². The van der Waals surface area contributed by atoms with Crippen LogP contribution in [-0.2, 0) is 14.3 Å². The van der Waals surface area contributed by atoms with Crippen molar-refractivity contribution in [1.29, 1.82) is 0 Å². The van der Waals surface area contributed by atoms with E-state index in [9.17, 15) is 9.90 Å². The van der Waals surface area contributed by atoms with Gasteiger partial charge in [0, 0.05) is 26.2 Å². The molecule has 0 unspecified atom stereocenters. The highest BCUT2D eigenvalue weighted by Gasteiger charge is 2.72. The monoisotopic (exact) mass is 388 g/mol. The summed E-state index contributed by atoms with van der Waals surface area (Å²) < 4.78 is 10.7. The Morgan fingerprint density at radius 2 is 1.75 bits per heavy atom. The lowest BCUT2D eigenvalue weighted by molar-refractivity contribution is -0.209. The van der Waals surface area contributed by atoms with Crippen molar-refractivity contribution in [2.45, 2.75) is 22.7 Å². The van der Waals surface area contributed by atoms with Gasteiger partial charge < -0.3 is 19.4 Å². The maximum atomic E-state index is 11.2. The maximum Gasteiger partial charge on any atom is 0.231 e. The molecular formula is C17H15Cl3O4. The summed E-state index contributed by atoms with van der Waals surface area (Å²) in [4.78, 5) is 9.34. The Morgan fingerprint density at radius 3 is 2.25 bits per heavy atom. The standard InChI is InChI=1S/C17H15Cl3O4/c1-23-17(24-2)14(19)13(18)15(22,16(17,20)10-11-21)9-8-12-6-4-3-5-7-12/h3-7,11,22H,10H2,1-2H3/t15-,16-/m1/s1. The second-order valence-corrected chi connectivity index (χ2v) is 6.55. The molecule has 0 fully saturated rings. The van der Waals surface area contributed by atoms with E-state index in [0.29, 0.717) is 11.8 Å². The fourth-order valence-corrected chi connectivity index (χ4v) is 4.05. The Hall–Kier alpha value is -1.06. The number of hydrogen-bond acceptors (Lipinski definition) is 4. The van der Waals surface area contributed by atoms with Gasteiger partial charge >= 0.3 is 0 Å². The predicted molar refractivity (Wildman–Crippen MR) is 93.0 cm³/mol. The van der Waals surface area contributed by atoms with Gasteiger partial charge in [-0.3, -0.25) is 0 Å². The smallest absolute Gasteiger partial charge is 0.231 e. The third-order valence-electron chi connectivity index (χ3n) is 4.00. The van der Waals surface area contributed by atoms with Gasteiger partial charge in [0.05, 0.1) is 10.1 Å². The van der Waals surface area contributed by atoms with E-state index in [1.807, 2.05) is 6.07 Å². The molecule has 1 aromatic carbocycles. The Labute approximate surface area is 155 Å². The highest BCUT2D eigenvalue weighted by Crippen LogP contribution is 2.59. The Morgan fingerprint density at radius 1 is 1.17 bits per heavy atom. The number of rotatable bonds is 4. The lowest BCUT2D eigenvalue weighted by atomic mass is 9.83. The molecule has 0 heterocycles. The van der Waals surface area contributed by atoms with Gasteiger partial charge in [0.1, 0.15) is 6.29 Å². The lowest BCUT2D eigenvalue weighted by Gasteiger charge is -2.43. The van der Waals surface area contributed by atoms with Crippen LogP contribution in [0.15, 0.2) is 40.4 Å². The molecule has 0 bridgehead atoms. The molecule has 0 amide bonds. The summed E-state index contributed by atoms with van der Waals surface area (Å²) >= 11 is 19.1. The van der Waals surface area contributed by atoms with Crippen LogP contribution in [0.1, 0.15) is 12.0 Å². The first-order valence-electron chi connectivity index (χ1n) is 6.92. The van der Waals surface area contributed by atoms with Crippen LogP contribution >= 0.6 is 34.8 Å². The minimum absolute atomic E-state index is 0.157. The van der Waals surface area contributed by atoms with Crippen LogP contribution in [0.3, 0.4) is 0 Å². The first-order valence-corrected chi connectivity index (χ1v) is 8.06. The summed E-state index contributed by atoms with van der Waals surface area (Å²) in [7, 11) is 2.57. The van der Waals surface area contributed by atoms with Crippen molar-refractivity contribution in [2.75, 3.05) is 14.2 Å². The number of ether oxygens (including phenoxy) is 2. The summed E-state index contributed by atoms with van der Waals surface area (Å²) in [5.74, 6) is 3.61. The Bertz CT molecular complexity index is 718. The van der Waals surface area contributed by atoms with Gasteiger partial charge in [-0.15, -0.1) is 11.6 Å². The molecular weight excluding hydrogens is 375 g/mol. The van der Waals surface area contributed by atoms with E-state index in [2.05, 4.69) is 11.8 Å². The molecule has 0 spiro atoms. The zero-order chi connectivity index (χ0) is 18.0. The van der Waals surface area contributed by atoms with Crippen molar-refractivity contribution in [1.82, 2.24) is 0 Å². The first kappa shape index (κ1) is 19.3. The van der Waals surface area contributed by atoms with Gasteiger partial charge in [0.25, 0.3) is 0 Å². The summed E-state index contributed by atoms with van der Waals surface area (Å²) in [5, 5.41) is 10.7. The molecule has 4 nitrogen and oxygen atoms in total. The van der Waals surface area contributed by atoms with Crippen molar-refractivity contribution in [3.8, 4) is 11.8 Å². The van der Waals surface area contributed by atoms with Gasteiger partial charge in [-0.2, -0.15) is 0 Å². The normalized spacial score (nSPS) is 28.4. The third kappa shape index (κ3) is 2.57. The fraction of sp³-hybridized carbons (Fsp3) is 0.353. The minimum atomic E-state index is -2.14. The van der Waals surface area contributed by atoms with E-state index in [0.717, 1.165) is 0 Å². The fourth-order valence-electron chi connectivity index (χ4n) is 2.71. The zero-order valence-corrected chi connectivity index (χ0v) is 15.2. The largest absolute Gasteiger partial charge is 0.371 e. The number of benzene rings is 1. The second-order valence-electron chi connectivity index (χ2n) is 5.15.